The Labute approximate surface area is 130 Å². The molecule has 2 aromatic rings. The minimum absolute atomic E-state index is 0.0509. The second-order valence-corrected chi connectivity index (χ2v) is 6.65. The van der Waals surface area contributed by atoms with Crippen molar-refractivity contribution in [2.75, 3.05) is 6.61 Å². The summed E-state index contributed by atoms with van der Waals surface area (Å²) in [6, 6.07) is 6.16. The lowest BCUT2D eigenvalue weighted by Gasteiger charge is -2.14. The van der Waals surface area contributed by atoms with Gasteiger partial charge in [-0.25, -0.2) is 0 Å². The van der Waals surface area contributed by atoms with Gasteiger partial charge in [-0.3, -0.25) is 0 Å². The molecule has 0 bridgehead atoms. The highest BCUT2D eigenvalue weighted by Gasteiger charge is 2.24. The van der Waals surface area contributed by atoms with Crippen molar-refractivity contribution in [1.29, 1.82) is 0 Å². The van der Waals surface area contributed by atoms with Crippen molar-refractivity contribution < 1.29 is 9.15 Å². The molecule has 94 valence electrons. The van der Waals surface area contributed by atoms with Crippen LogP contribution in [0, 0.1) is 0 Å². The van der Waals surface area contributed by atoms with Crippen LogP contribution in [0.15, 0.2) is 38.0 Å². The van der Waals surface area contributed by atoms with Gasteiger partial charge in [0, 0.05) is 22.0 Å². The van der Waals surface area contributed by atoms with Gasteiger partial charge < -0.3 is 9.15 Å². The van der Waals surface area contributed by atoms with Crippen LogP contribution >= 0.6 is 47.8 Å². The van der Waals surface area contributed by atoms with Crippen LogP contribution in [0.1, 0.15) is 21.5 Å². The quantitative estimate of drug-likeness (QED) is 0.602. The third-order valence-corrected chi connectivity index (χ3v) is 5.06. The van der Waals surface area contributed by atoms with Crippen molar-refractivity contribution in [3.8, 4) is 5.75 Å². The first-order chi connectivity index (χ1) is 8.66. The Bertz CT molecular complexity index is 592. The van der Waals surface area contributed by atoms with E-state index in [4.69, 9.17) is 9.15 Å². The zero-order valence-electron chi connectivity index (χ0n) is 9.25. The fourth-order valence-corrected chi connectivity index (χ4v) is 4.14. The zero-order chi connectivity index (χ0) is 12.7. The van der Waals surface area contributed by atoms with Gasteiger partial charge in [0.05, 0.1) is 17.7 Å². The van der Waals surface area contributed by atoms with Crippen LogP contribution in [-0.2, 0) is 6.42 Å². The molecule has 0 spiro atoms. The Morgan fingerprint density at radius 3 is 2.72 bits per heavy atom. The maximum atomic E-state index is 5.75. The summed E-state index contributed by atoms with van der Waals surface area (Å²) < 4.78 is 12.9. The van der Waals surface area contributed by atoms with E-state index in [1.807, 2.05) is 6.07 Å². The summed E-state index contributed by atoms with van der Waals surface area (Å²) in [7, 11) is 0. The Balaban J connectivity index is 2.10. The summed E-state index contributed by atoms with van der Waals surface area (Å²) in [5.41, 5.74) is 3.44. The predicted octanol–water partition coefficient (Wildman–Crippen LogP) is 5.22. The minimum Gasteiger partial charge on any atom is -0.493 e. The highest BCUT2D eigenvalue weighted by molar-refractivity contribution is 9.11. The van der Waals surface area contributed by atoms with Crippen molar-refractivity contribution in [2.45, 2.75) is 11.2 Å². The first-order valence-corrected chi connectivity index (χ1v) is 7.99. The lowest BCUT2D eigenvalue weighted by molar-refractivity contribution is 0.354. The van der Waals surface area contributed by atoms with Crippen LogP contribution in [0.5, 0.6) is 5.75 Å². The molecule has 3 rings (SSSR count). The number of hydrogen-bond acceptors (Lipinski definition) is 2. The number of benzene rings is 1. The highest BCUT2D eigenvalue weighted by Crippen LogP contribution is 2.44. The van der Waals surface area contributed by atoms with E-state index >= 15 is 0 Å². The fraction of sp³-hybridized carbons (Fsp3) is 0.231. The molecule has 1 unspecified atom stereocenters. The molecule has 2 nitrogen and oxygen atoms in total. The summed E-state index contributed by atoms with van der Waals surface area (Å²) >= 11 is 10.7. The van der Waals surface area contributed by atoms with Gasteiger partial charge in [0.25, 0.3) is 0 Å². The molecule has 1 aromatic carbocycles. The molecule has 1 aliphatic rings. The largest absolute Gasteiger partial charge is 0.493 e. The maximum Gasteiger partial charge on any atom is 0.173 e. The van der Waals surface area contributed by atoms with E-state index in [9.17, 15) is 0 Å². The molecule has 0 fully saturated rings. The summed E-state index contributed by atoms with van der Waals surface area (Å²) in [5.74, 6) is 0.994. The molecule has 0 saturated carbocycles. The summed E-state index contributed by atoms with van der Waals surface area (Å²) in [6.45, 7) is 0.755. The van der Waals surface area contributed by atoms with E-state index in [0.29, 0.717) is 0 Å². The number of rotatable bonds is 2. The number of ether oxygens (including phenoxy) is 1. The Morgan fingerprint density at radius 1 is 1.17 bits per heavy atom. The van der Waals surface area contributed by atoms with E-state index < -0.39 is 0 Å². The van der Waals surface area contributed by atoms with Crippen LogP contribution in [0.2, 0.25) is 0 Å². The number of alkyl halides is 1. The molecular weight excluding hydrogens is 428 g/mol. The highest BCUT2D eigenvalue weighted by atomic mass is 79.9. The first kappa shape index (κ1) is 12.8. The van der Waals surface area contributed by atoms with Crippen LogP contribution in [-0.4, -0.2) is 6.61 Å². The summed E-state index contributed by atoms with van der Waals surface area (Å²) in [4.78, 5) is 0.0509. The smallest absolute Gasteiger partial charge is 0.173 e. The first-order valence-electron chi connectivity index (χ1n) is 5.49. The second kappa shape index (κ2) is 5.02. The molecule has 0 aliphatic carbocycles. The van der Waals surface area contributed by atoms with Gasteiger partial charge in [-0.2, -0.15) is 0 Å². The van der Waals surface area contributed by atoms with Gasteiger partial charge in [0.2, 0.25) is 0 Å². The molecule has 0 radical (unpaired) electrons. The van der Waals surface area contributed by atoms with Crippen molar-refractivity contribution in [3.63, 3.8) is 0 Å². The molecule has 18 heavy (non-hydrogen) atoms. The lowest BCUT2D eigenvalue weighted by Crippen LogP contribution is -1.96. The molecule has 0 amide bonds. The van der Waals surface area contributed by atoms with Gasteiger partial charge >= 0.3 is 0 Å². The van der Waals surface area contributed by atoms with Gasteiger partial charge in [0.15, 0.2) is 4.67 Å². The number of furan rings is 1. The summed E-state index contributed by atoms with van der Waals surface area (Å²) in [6.07, 6.45) is 2.64. The maximum absolute atomic E-state index is 5.75. The molecule has 1 atom stereocenters. The van der Waals surface area contributed by atoms with E-state index in [2.05, 4.69) is 59.9 Å². The Hall–Kier alpha value is -0.260. The van der Waals surface area contributed by atoms with Gasteiger partial charge in [-0.15, -0.1) is 0 Å². The average Bonchev–Trinajstić information content (AvgIpc) is 2.95. The SMILES string of the molecule is Brc1cc2c(c(C(Br)c3ccoc3Br)c1)OCC2. The predicted molar refractivity (Wildman–Crippen MR) is 80.5 cm³/mol. The third-order valence-electron chi connectivity index (χ3n) is 2.97. The summed E-state index contributed by atoms with van der Waals surface area (Å²) in [5, 5.41) is 0. The van der Waals surface area contributed by atoms with E-state index in [1.165, 1.54) is 5.56 Å². The molecule has 0 saturated heterocycles. The standard InChI is InChI=1S/C13H9Br3O2/c14-8-5-7-1-3-17-12(7)10(6-8)11(15)9-2-4-18-13(9)16/h2,4-6,11H,1,3H2. The van der Waals surface area contributed by atoms with Crippen LogP contribution in [0.4, 0.5) is 0 Å². The number of hydrogen-bond donors (Lipinski definition) is 0. The zero-order valence-corrected chi connectivity index (χ0v) is 14.0. The van der Waals surface area contributed by atoms with Crippen LogP contribution in [0.3, 0.4) is 0 Å². The van der Waals surface area contributed by atoms with E-state index in [-0.39, 0.29) is 4.83 Å². The average molecular weight is 437 g/mol. The number of halogens is 3. The monoisotopic (exact) mass is 434 g/mol. The van der Waals surface area contributed by atoms with E-state index in [1.54, 1.807) is 6.26 Å². The normalized spacial score (nSPS) is 15.3. The van der Waals surface area contributed by atoms with E-state index in [0.717, 1.165) is 39.0 Å². The minimum atomic E-state index is 0.0509. The van der Waals surface area contributed by atoms with Crippen molar-refractivity contribution in [2.24, 2.45) is 0 Å². The van der Waals surface area contributed by atoms with Crippen LogP contribution in [0.25, 0.3) is 0 Å². The van der Waals surface area contributed by atoms with Crippen molar-refractivity contribution >= 4 is 47.8 Å². The molecule has 2 heterocycles. The van der Waals surface area contributed by atoms with Crippen molar-refractivity contribution in [1.82, 2.24) is 0 Å². The molecular formula is C13H9Br3O2. The molecule has 1 aromatic heterocycles. The molecule has 1 aliphatic heterocycles. The third kappa shape index (κ3) is 2.17. The van der Waals surface area contributed by atoms with Gasteiger partial charge in [-0.05, 0) is 39.7 Å². The van der Waals surface area contributed by atoms with Gasteiger partial charge in [0.1, 0.15) is 5.75 Å². The Kier molecular flexibility index (Phi) is 3.56. The van der Waals surface area contributed by atoms with Crippen molar-refractivity contribution in [3.05, 3.63) is 50.3 Å². The van der Waals surface area contributed by atoms with Gasteiger partial charge in [-0.1, -0.05) is 31.9 Å². The lowest BCUT2D eigenvalue weighted by atomic mass is 10.0. The topological polar surface area (TPSA) is 22.4 Å². The second-order valence-electron chi connectivity index (χ2n) is 4.09. The van der Waals surface area contributed by atoms with Crippen LogP contribution < -0.4 is 4.74 Å². The molecule has 5 heteroatoms. The fourth-order valence-electron chi connectivity index (χ4n) is 2.14. The number of fused-ring (bicyclic) bond motifs is 1. The molecule has 0 N–H and O–H groups in total. The Morgan fingerprint density at radius 2 is 2.00 bits per heavy atom.